The smallest absolute Gasteiger partial charge is 0.332 e. The van der Waals surface area contributed by atoms with E-state index < -0.39 is 5.69 Å². The predicted octanol–water partition coefficient (Wildman–Crippen LogP) is 0.615. The van der Waals surface area contributed by atoms with E-state index in [0.717, 1.165) is 14.6 Å². The first-order valence-electron chi connectivity index (χ1n) is 7.78. The van der Waals surface area contributed by atoms with Crippen LogP contribution < -0.4 is 22.3 Å². The van der Waals surface area contributed by atoms with Crippen LogP contribution in [0, 0.1) is 0 Å². The van der Waals surface area contributed by atoms with Crippen LogP contribution in [0.4, 0.5) is 5.95 Å². The van der Waals surface area contributed by atoms with Crippen LogP contribution in [-0.2, 0) is 20.6 Å². The number of hydrogen-bond acceptors (Lipinski definition) is 5. The van der Waals surface area contributed by atoms with Crippen LogP contribution >= 0.6 is 15.9 Å². The van der Waals surface area contributed by atoms with Crippen molar-refractivity contribution in [1.82, 2.24) is 18.7 Å². The van der Waals surface area contributed by atoms with Crippen molar-refractivity contribution in [2.24, 2.45) is 19.8 Å². The second-order valence-electron chi connectivity index (χ2n) is 5.74. The SMILES string of the molecule is Cn1c(=O)c2c(nc(NCCN)n2Cc2ccc(Br)cc2)n(C)c1=O. The van der Waals surface area contributed by atoms with Crippen molar-refractivity contribution in [3.8, 4) is 0 Å². The van der Waals surface area contributed by atoms with E-state index in [1.807, 2.05) is 24.3 Å². The van der Waals surface area contributed by atoms with E-state index in [1.165, 1.54) is 11.6 Å². The summed E-state index contributed by atoms with van der Waals surface area (Å²) >= 11 is 3.41. The lowest BCUT2D eigenvalue weighted by Gasteiger charge is -2.10. The minimum Gasteiger partial charge on any atom is -0.354 e. The molecule has 0 saturated heterocycles. The predicted molar refractivity (Wildman–Crippen MR) is 101 cm³/mol. The van der Waals surface area contributed by atoms with Gasteiger partial charge in [-0.05, 0) is 17.7 Å². The monoisotopic (exact) mass is 406 g/mol. The highest BCUT2D eigenvalue weighted by Gasteiger charge is 2.19. The maximum atomic E-state index is 12.7. The van der Waals surface area contributed by atoms with Crippen molar-refractivity contribution < 1.29 is 0 Å². The molecule has 2 heterocycles. The summed E-state index contributed by atoms with van der Waals surface area (Å²) in [7, 11) is 3.07. The standard InChI is InChI=1S/C16H19BrN6O2/c1-21-13-12(14(24)22(2)16(21)25)23(15(20-13)19-8-7-18)9-10-3-5-11(17)6-4-10/h3-6H,7-9,18H2,1-2H3,(H,19,20). The van der Waals surface area contributed by atoms with E-state index in [9.17, 15) is 9.59 Å². The van der Waals surface area contributed by atoms with Crippen molar-refractivity contribution in [2.45, 2.75) is 6.54 Å². The lowest BCUT2D eigenvalue weighted by molar-refractivity contribution is 0.702. The van der Waals surface area contributed by atoms with Crippen LogP contribution in [0.3, 0.4) is 0 Å². The molecule has 3 N–H and O–H groups in total. The number of nitrogens with two attached hydrogens (primary N) is 1. The number of halogens is 1. The minimum absolute atomic E-state index is 0.352. The van der Waals surface area contributed by atoms with Gasteiger partial charge in [0, 0.05) is 31.7 Å². The van der Waals surface area contributed by atoms with Gasteiger partial charge in [-0.1, -0.05) is 28.1 Å². The van der Waals surface area contributed by atoms with Crippen LogP contribution in [0.25, 0.3) is 11.2 Å². The highest BCUT2D eigenvalue weighted by atomic mass is 79.9. The van der Waals surface area contributed by atoms with Gasteiger partial charge < -0.3 is 11.1 Å². The number of nitrogens with zero attached hydrogens (tertiary/aromatic N) is 4. The van der Waals surface area contributed by atoms with Crippen molar-refractivity contribution in [1.29, 1.82) is 0 Å². The molecule has 9 heteroatoms. The molecule has 8 nitrogen and oxygen atoms in total. The zero-order valence-corrected chi connectivity index (χ0v) is 15.6. The van der Waals surface area contributed by atoms with Gasteiger partial charge in [0.2, 0.25) is 5.95 Å². The molecule has 0 radical (unpaired) electrons. The molecule has 2 aromatic heterocycles. The molecule has 3 rings (SSSR count). The van der Waals surface area contributed by atoms with Crippen LogP contribution in [0.5, 0.6) is 0 Å². The molecule has 0 atom stereocenters. The molecule has 3 aromatic rings. The van der Waals surface area contributed by atoms with Crippen LogP contribution in [0.1, 0.15) is 5.56 Å². The van der Waals surface area contributed by atoms with Gasteiger partial charge >= 0.3 is 5.69 Å². The fourth-order valence-electron chi connectivity index (χ4n) is 2.69. The first kappa shape index (κ1) is 17.4. The summed E-state index contributed by atoms with van der Waals surface area (Å²) in [6.45, 7) is 1.39. The summed E-state index contributed by atoms with van der Waals surface area (Å²) in [5, 5.41) is 3.13. The van der Waals surface area contributed by atoms with Crippen LogP contribution in [0.2, 0.25) is 0 Å². The molecule has 1 aromatic carbocycles. The minimum atomic E-state index is -0.406. The number of imidazole rings is 1. The molecule has 0 saturated carbocycles. The maximum absolute atomic E-state index is 12.7. The summed E-state index contributed by atoms with van der Waals surface area (Å²) in [4.78, 5) is 29.3. The van der Waals surface area contributed by atoms with Gasteiger partial charge in [-0.2, -0.15) is 4.98 Å². The van der Waals surface area contributed by atoms with Crippen molar-refractivity contribution >= 4 is 33.0 Å². The summed E-state index contributed by atoms with van der Waals surface area (Å²) in [6, 6.07) is 7.81. The normalized spacial score (nSPS) is 11.2. The highest BCUT2D eigenvalue weighted by molar-refractivity contribution is 9.10. The molecular formula is C16H19BrN6O2. The van der Waals surface area contributed by atoms with Crippen molar-refractivity contribution in [2.75, 3.05) is 18.4 Å². The van der Waals surface area contributed by atoms with Crippen LogP contribution in [0.15, 0.2) is 38.3 Å². The third-order valence-electron chi connectivity index (χ3n) is 4.03. The Labute approximate surface area is 152 Å². The Bertz CT molecular complexity index is 1030. The lowest BCUT2D eigenvalue weighted by atomic mass is 10.2. The third-order valence-corrected chi connectivity index (χ3v) is 4.56. The van der Waals surface area contributed by atoms with Gasteiger partial charge in [-0.3, -0.25) is 18.5 Å². The van der Waals surface area contributed by atoms with Gasteiger partial charge in [-0.25, -0.2) is 4.79 Å². The Balaban J connectivity index is 2.24. The summed E-state index contributed by atoms with van der Waals surface area (Å²) < 4.78 is 5.24. The van der Waals surface area contributed by atoms with E-state index in [2.05, 4.69) is 26.2 Å². The molecule has 0 aliphatic carbocycles. The zero-order chi connectivity index (χ0) is 18.1. The number of fused-ring (bicyclic) bond motifs is 1. The topological polar surface area (TPSA) is 99.9 Å². The van der Waals surface area contributed by atoms with Gasteiger partial charge in [0.1, 0.15) is 0 Å². The fourth-order valence-corrected chi connectivity index (χ4v) is 2.96. The van der Waals surface area contributed by atoms with Crippen LogP contribution in [-0.4, -0.2) is 31.8 Å². The Hall–Kier alpha value is -2.39. The van der Waals surface area contributed by atoms with Gasteiger partial charge in [0.25, 0.3) is 5.56 Å². The molecule has 0 unspecified atom stereocenters. The Morgan fingerprint density at radius 1 is 1.16 bits per heavy atom. The molecule has 0 aliphatic heterocycles. The Morgan fingerprint density at radius 3 is 2.48 bits per heavy atom. The van der Waals surface area contributed by atoms with Crippen molar-refractivity contribution in [3.63, 3.8) is 0 Å². The van der Waals surface area contributed by atoms with E-state index in [1.54, 1.807) is 11.6 Å². The molecule has 0 amide bonds. The number of aryl methyl sites for hydroxylation is 1. The molecular weight excluding hydrogens is 388 g/mol. The number of rotatable bonds is 5. The Morgan fingerprint density at radius 2 is 1.84 bits per heavy atom. The first-order chi connectivity index (χ1) is 11.9. The van der Waals surface area contributed by atoms with E-state index in [-0.39, 0.29) is 5.56 Å². The van der Waals surface area contributed by atoms with E-state index >= 15 is 0 Å². The van der Waals surface area contributed by atoms with E-state index in [4.69, 9.17) is 5.73 Å². The first-order valence-corrected chi connectivity index (χ1v) is 8.58. The van der Waals surface area contributed by atoms with Gasteiger partial charge in [-0.15, -0.1) is 0 Å². The molecule has 0 fully saturated rings. The lowest BCUT2D eigenvalue weighted by Crippen LogP contribution is -2.37. The van der Waals surface area contributed by atoms with Crippen molar-refractivity contribution in [3.05, 3.63) is 55.1 Å². The largest absolute Gasteiger partial charge is 0.354 e. The number of aromatic nitrogens is 4. The maximum Gasteiger partial charge on any atom is 0.332 e. The molecule has 132 valence electrons. The summed E-state index contributed by atoms with van der Waals surface area (Å²) in [6.07, 6.45) is 0. The summed E-state index contributed by atoms with van der Waals surface area (Å²) in [5.41, 5.74) is 6.54. The van der Waals surface area contributed by atoms with Gasteiger partial charge in [0.05, 0.1) is 6.54 Å². The van der Waals surface area contributed by atoms with Gasteiger partial charge in [0.15, 0.2) is 11.2 Å². The molecule has 0 bridgehead atoms. The third kappa shape index (κ3) is 3.12. The summed E-state index contributed by atoms with van der Waals surface area (Å²) in [5.74, 6) is 0.515. The number of anilines is 1. The second-order valence-corrected chi connectivity index (χ2v) is 6.66. The highest BCUT2D eigenvalue weighted by Crippen LogP contribution is 2.19. The average Bonchev–Trinajstić information content (AvgIpc) is 2.96. The van der Waals surface area contributed by atoms with E-state index in [0.29, 0.717) is 36.7 Å². The average molecular weight is 407 g/mol. The number of hydrogen-bond donors (Lipinski definition) is 2. The molecule has 0 aliphatic rings. The number of benzene rings is 1. The molecule has 0 spiro atoms. The fraction of sp³-hybridized carbons (Fsp3) is 0.312. The number of nitrogens with one attached hydrogen (secondary N) is 1. The quantitative estimate of drug-likeness (QED) is 0.646. The Kier molecular flexibility index (Phi) is 4.78. The molecule has 25 heavy (non-hydrogen) atoms. The second kappa shape index (κ2) is 6.85. The zero-order valence-electron chi connectivity index (χ0n) is 14.0.